The fourth-order valence-corrected chi connectivity index (χ4v) is 1.53. The summed E-state index contributed by atoms with van der Waals surface area (Å²) in [7, 11) is 0. The van der Waals surface area contributed by atoms with Crippen LogP contribution in [0.2, 0.25) is 0 Å². The van der Waals surface area contributed by atoms with Crippen LogP contribution in [0.1, 0.15) is 51.3 Å². The van der Waals surface area contributed by atoms with Crippen molar-refractivity contribution in [3.8, 4) is 0 Å². The number of hydrogen-bond donors (Lipinski definition) is 1. The van der Waals surface area contributed by atoms with Gasteiger partial charge < -0.3 is 5.73 Å². The molecule has 0 bridgehead atoms. The molecule has 0 spiro atoms. The first-order valence-corrected chi connectivity index (χ1v) is 5.76. The average Bonchev–Trinajstić information content (AvgIpc) is 2.23. The second-order valence-corrected chi connectivity index (χ2v) is 3.78. The Morgan fingerprint density at radius 1 is 1.07 bits per heavy atom. The van der Waals surface area contributed by atoms with Crippen LogP contribution < -0.4 is 5.73 Å². The van der Waals surface area contributed by atoms with Gasteiger partial charge in [-0.1, -0.05) is 39.0 Å². The summed E-state index contributed by atoms with van der Waals surface area (Å²) in [4.78, 5) is 11.9. The second-order valence-electron chi connectivity index (χ2n) is 3.78. The standard InChI is InChI=1S/C11H20N4/c1-2-3-4-5-6-7-8-10-13-9-14-11(12)15-10/h9H,2-8H2,1H3,(H2,12,13,14,15). The van der Waals surface area contributed by atoms with Gasteiger partial charge in [0.2, 0.25) is 5.95 Å². The highest BCUT2D eigenvalue weighted by atomic mass is 15.1. The van der Waals surface area contributed by atoms with Crippen molar-refractivity contribution in [1.82, 2.24) is 15.0 Å². The molecule has 0 aliphatic heterocycles. The summed E-state index contributed by atoms with van der Waals surface area (Å²) in [5.74, 6) is 1.14. The Labute approximate surface area is 91.3 Å². The Balaban J connectivity index is 2.10. The van der Waals surface area contributed by atoms with Crippen LogP contribution in [0, 0.1) is 0 Å². The van der Waals surface area contributed by atoms with Crippen LogP contribution in [0.3, 0.4) is 0 Å². The lowest BCUT2D eigenvalue weighted by molar-refractivity contribution is 0.600. The Bertz CT molecular complexity index is 275. The van der Waals surface area contributed by atoms with Crippen LogP contribution in [0.15, 0.2) is 6.33 Å². The van der Waals surface area contributed by atoms with E-state index >= 15 is 0 Å². The molecular weight excluding hydrogens is 188 g/mol. The normalized spacial score (nSPS) is 10.5. The predicted molar refractivity (Wildman–Crippen MR) is 61.3 cm³/mol. The summed E-state index contributed by atoms with van der Waals surface area (Å²) in [6, 6.07) is 0. The number of rotatable bonds is 7. The maximum atomic E-state index is 5.47. The summed E-state index contributed by atoms with van der Waals surface area (Å²) in [5.41, 5.74) is 5.47. The lowest BCUT2D eigenvalue weighted by atomic mass is 10.1. The van der Waals surface area contributed by atoms with Gasteiger partial charge in [-0.15, -0.1) is 0 Å². The van der Waals surface area contributed by atoms with Gasteiger partial charge in [0.05, 0.1) is 0 Å². The van der Waals surface area contributed by atoms with E-state index in [0.29, 0.717) is 5.95 Å². The average molecular weight is 208 g/mol. The molecule has 0 radical (unpaired) electrons. The summed E-state index contributed by atoms with van der Waals surface area (Å²) < 4.78 is 0. The van der Waals surface area contributed by atoms with Gasteiger partial charge in [-0.2, -0.15) is 4.98 Å². The molecule has 1 heterocycles. The van der Waals surface area contributed by atoms with Crippen LogP contribution in [0.25, 0.3) is 0 Å². The SMILES string of the molecule is CCCCCCCCc1ncnc(N)n1. The fourth-order valence-electron chi connectivity index (χ4n) is 1.53. The van der Waals surface area contributed by atoms with E-state index in [2.05, 4.69) is 21.9 Å². The highest BCUT2D eigenvalue weighted by Gasteiger charge is 1.97. The zero-order valence-electron chi connectivity index (χ0n) is 9.45. The van der Waals surface area contributed by atoms with Gasteiger partial charge in [-0.3, -0.25) is 0 Å². The smallest absolute Gasteiger partial charge is 0.223 e. The van der Waals surface area contributed by atoms with Crippen molar-refractivity contribution in [2.45, 2.75) is 51.9 Å². The number of unbranched alkanes of at least 4 members (excludes halogenated alkanes) is 5. The van der Waals surface area contributed by atoms with Crippen molar-refractivity contribution >= 4 is 5.95 Å². The number of anilines is 1. The van der Waals surface area contributed by atoms with Gasteiger partial charge >= 0.3 is 0 Å². The number of nitrogens with zero attached hydrogens (tertiary/aromatic N) is 3. The number of nitrogen functional groups attached to an aromatic ring is 1. The first-order valence-electron chi connectivity index (χ1n) is 5.76. The van der Waals surface area contributed by atoms with Crippen molar-refractivity contribution in [1.29, 1.82) is 0 Å². The Morgan fingerprint density at radius 3 is 2.53 bits per heavy atom. The van der Waals surface area contributed by atoms with Gasteiger partial charge in [-0.25, -0.2) is 9.97 Å². The third-order valence-electron chi connectivity index (χ3n) is 2.39. The van der Waals surface area contributed by atoms with Crippen LogP contribution in [-0.4, -0.2) is 15.0 Å². The summed E-state index contributed by atoms with van der Waals surface area (Å²) in [6.45, 7) is 2.23. The third kappa shape index (κ3) is 5.30. The van der Waals surface area contributed by atoms with Crippen LogP contribution in [0.5, 0.6) is 0 Å². The Hall–Kier alpha value is -1.19. The van der Waals surface area contributed by atoms with E-state index in [-0.39, 0.29) is 0 Å². The molecule has 0 saturated carbocycles. The van der Waals surface area contributed by atoms with Crippen molar-refractivity contribution < 1.29 is 0 Å². The van der Waals surface area contributed by atoms with Gasteiger partial charge in [-0.05, 0) is 6.42 Å². The molecular formula is C11H20N4. The van der Waals surface area contributed by atoms with Crippen molar-refractivity contribution in [2.75, 3.05) is 5.73 Å². The van der Waals surface area contributed by atoms with Gasteiger partial charge in [0.1, 0.15) is 12.2 Å². The molecule has 84 valence electrons. The first kappa shape index (κ1) is 11.9. The molecule has 4 nitrogen and oxygen atoms in total. The molecule has 2 N–H and O–H groups in total. The fraction of sp³-hybridized carbons (Fsp3) is 0.727. The lowest BCUT2D eigenvalue weighted by Gasteiger charge is -2.00. The summed E-state index contributed by atoms with van der Waals surface area (Å²) in [6.07, 6.45) is 10.1. The van der Waals surface area contributed by atoms with Crippen molar-refractivity contribution in [2.24, 2.45) is 0 Å². The number of aryl methyl sites for hydroxylation is 1. The first-order chi connectivity index (χ1) is 7.33. The maximum absolute atomic E-state index is 5.47. The molecule has 0 aliphatic carbocycles. The number of nitrogens with two attached hydrogens (primary N) is 1. The molecule has 1 aromatic rings. The van der Waals surface area contributed by atoms with Crippen molar-refractivity contribution in [3.05, 3.63) is 12.2 Å². The minimum Gasteiger partial charge on any atom is -0.368 e. The largest absolute Gasteiger partial charge is 0.368 e. The maximum Gasteiger partial charge on any atom is 0.223 e. The summed E-state index contributed by atoms with van der Waals surface area (Å²) in [5, 5.41) is 0. The molecule has 0 aromatic carbocycles. The number of aromatic nitrogens is 3. The van der Waals surface area contributed by atoms with E-state index < -0.39 is 0 Å². The molecule has 0 fully saturated rings. The molecule has 15 heavy (non-hydrogen) atoms. The van der Waals surface area contributed by atoms with Gasteiger partial charge in [0.15, 0.2) is 0 Å². The zero-order valence-corrected chi connectivity index (χ0v) is 9.45. The van der Waals surface area contributed by atoms with E-state index in [1.807, 2.05) is 0 Å². The van der Waals surface area contributed by atoms with Crippen molar-refractivity contribution in [3.63, 3.8) is 0 Å². The molecule has 4 heteroatoms. The van der Waals surface area contributed by atoms with Crippen LogP contribution >= 0.6 is 0 Å². The summed E-state index contributed by atoms with van der Waals surface area (Å²) >= 11 is 0. The number of hydrogen-bond acceptors (Lipinski definition) is 4. The van der Waals surface area contributed by atoms with E-state index in [0.717, 1.165) is 18.7 Å². The highest BCUT2D eigenvalue weighted by Crippen LogP contribution is 2.07. The molecule has 0 unspecified atom stereocenters. The Kier molecular flexibility index (Phi) is 5.66. The molecule has 1 rings (SSSR count). The molecule has 0 amide bonds. The monoisotopic (exact) mass is 208 g/mol. The molecule has 1 aromatic heterocycles. The molecule has 0 aliphatic rings. The van der Waals surface area contributed by atoms with Gasteiger partial charge in [0.25, 0.3) is 0 Å². The predicted octanol–water partition coefficient (Wildman–Crippen LogP) is 2.36. The quantitative estimate of drug-likeness (QED) is 0.698. The zero-order chi connectivity index (χ0) is 10.9. The Morgan fingerprint density at radius 2 is 1.80 bits per heavy atom. The molecule has 0 atom stereocenters. The van der Waals surface area contributed by atoms with E-state index in [4.69, 9.17) is 5.73 Å². The minimum atomic E-state index is 0.325. The van der Waals surface area contributed by atoms with Gasteiger partial charge in [0, 0.05) is 6.42 Å². The molecule has 0 saturated heterocycles. The van der Waals surface area contributed by atoms with Crippen LogP contribution in [0.4, 0.5) is 5.95 Å². The minimum absolute atomic E-state index is 0.325. The van der Waals surface area contributed by atoms with Crippen LogP contribution in [-0.2, 0) is 6.42 Å². The lowest BCUT2D eigenvalue weighted by Crippen LogP contribution is -2.01. The second kappa shape index (κ2) is 7.15. The topological polar surface area (TPSA) is 64.7 Å². The highest BCUT2D eigenvalue weighted by molar-refractivity contribution is 5.12. The third-order valence-corrected chi connectivity index (χ3v) is 2.39. The van der Waals surface area contributed by atoms with E-state index in [1.54, 1.807) is 0 Å². The van der Waals surface area contributed by atoms with E-state index in [9.17, 15) is 0 Å². The van der Waals surface area contributed by atoms with E-state index in [1.165, 1.54) is 38.4 Å².